The number of hydrogen-bond acceptors (Lipinski definition) is 4. The highest BCUT2D eigenvalue weighted by molar-refractivity contribution is 5.79. The second kappa shape index (κ2) is 8.74. The van der Waals surface area contributed by atoms with Gasteiger partial charge in [-0.05, 0) is 68.6 Å². The van der Waals surface area contributed by atoms with Crippen LogP contribution in [0.2, 0.25) is 0 Å². The lowest BCUT2D eigenvalue weighted by Gasteiger charge is -2.31. The Kier molecular flexibility index (Phi) is 5.91. The number of halogens is 1. The minimum atomic E-state index is -0.284. The summed E-state index contributed by atoms with van der Waals surface area (Å²) >= 11 is 0. The van der Waals surface area contributed by atoms with Gasteiger partial charge in [0, 0.05) is 23.9 Å². The second-order valence-electron chi connectivity index (χ2n) is 7.52. The van der Waals surface area contributed by atoms with Gasteiger partial charge in [0.25, 0.3) is 0 Å². The summed E-state index contributed by atoms with van der Waals surface area (Å²) in [5.41, 5.74) is 2.86. The number of likely N-dealkylation sites (tertiary alicyclic amines) is 1. The van der Waals surface area contributed by atoms with Crippen molar-refractivity contribution in [1.82, 2.24) is 10.1 Å². The average Bonchev–Trinajstić information content (AvgIpc) is 3.15. The first-order chi connectivity index (χ1) is 13.7. The number of aryl methyl sites for hydroxylation is 1. The van der Waals surface area contributed by atoms with Crippen molar-refractivity contribution in [2.75, 3.05) is 26.2 Å². The van der Waals surface area contributed by atoms with Gasteiger partial charge in [-0.2, -0.15) is 0 Å². The van der Waals surface area contributed by atoms with Gasteiger partial charge in [0.1, 0.15) is 11.6 Å². The Morgan fingerprint density at radius 1 is 1.14 bits per heavy atom. The van der Waals surface area contributed by atoms with E-state index in [1.807, 2.05) is 0 Å². The fourth-order valence-corrected chi connectivity index (χ4v) is 3.95. The molecule has 0 unspecified atom stereocenters. The van der Waals surface area contributed by atoms with Gasteiger partial charge in [-0.3, -0.25) is 0 Å². The fraction of sp³-hybridized carbons (Fsp3) is 0.435. The molecule has 1 fully saturated rings. The topological polar surface area (TPSA) is 38.5 Å². The van der Waals surface area contributed by atoms with Gasteiger partial charge in [-0.15, -0.1) is 0 Å². The molecule has 28 heavy (non-hydrogen) atoms. The van der Waals surface area contributed by atoms with Crippen molar-refractivity contribution in [3.8, 4) is 5.75 Å². The molecule has 0 aliphatic carbocycles. The first kappa shape index (κ1) is 18.9. The number of piperidine rings is 1. The van der Waals surface area contributed by atoms with E-state index in [9.17, 15) is 4.39 Å². The zero-order valence-electron chi connectivity index (χ0n) is 16.4. The second-order valence-corrected chi connectivity index (χ2v) is 7.52. The minimum absolute atomic E-state index is 0.284. The summed E-state index contributed by atoms with van der Waals surface area (Å²) in [6.07, 6.45) is 4.18. The molecule has 1 aromatic heterocycles. The summed E-state index contributed by atoms with van der Waals surface area (Å²) < 4.78 is 24.5. The third kappa shape index (κ3) is 4.36. The van der Waals surface area contributed by atoms with E-state index in [-0.39, 0.29) is 5.82 Å². The summed E-state index contributed by atoms with van der Waals surface area (Å²) in [5, 5.41) is 5.17. The van der Waals surface area contributed by atoms with Crippen molar-refractivity contribution < 1.29 is 13.7 Å². The molecule has 2 aromatic carbocycles. The van der Waals surface area contributed by atoms with E-state index in [0.717, 1.165) is 68.8 Å². The predicted octanol–water partition coefficient (Wildman–Crippen LogP) is 5.18. The molecule has 148 valence electrons. The molecule has 0 amide bonds. The Morgan fingerprint density at radius 3 is 2.68 bits per heavy atom. The summed E-state index contributed by atoms with van der Waals surface area (Å²) in [6.45, 7) is 6.04. The molecular weight excluding hydrogens is 355 g/mol. The molecule has 4 nitrogen and oxygen atoms in total. The van der Waals surface area contributed by atoms with Gasteiger partial charge < -0.3 is 14.2 Å². The van der Waals surface area contributed by atoms with Crippen molar-refractivity contribution in [3.05, 3.63) is 59.5 Å². The smallest absolute Gasteiger partial charge is 0.170 e. The van der Waals surface area contributed by atoms with Crippen LogP contribution in [0.3, 0.4) is 0 Å². The van der Waals surface area contributed by atoms with E-state index in [4.69, 9.17) is 9.26 Å². The molecule has 0 N–H and O–H groups in total. The van der Waals surface area contributed by atoms with Gasteiger partial charge in [0.15, 0.2) is 5.58 Å². The number of fused-ring (bicyclic) bond motifs is 1. The fourth-order valence-electron chi connectivity index (χ4n) is 3.95. The van der Waals surface area contributed by atoms with Crippen molar-refractivity contribution in [3.63, 3.8) is 0 Å². The Morgan fingerprint density at radius 2 is 1.93 bits per heavy atom. The van der Waals surface area contributed by atoms with Crippen LogP contribution < -0.4 is 4.74 Å². The molecule has 2 heterocycles. The standard InChI is InChI=1S/C23H27FN2O2/c1-2-17-4-7-20(8-5-17)27-15-3-12-26-13-10-18(11-14-26)23-21-9-6-19(24)16-22(21)28-25-23/h4-9,16,18H,2-3,10-15H2,1H3. The van der Waals surface area contributed by atoms with Crippen LogP contribution in [0.1, 0.15) is 43.4 Å². The van der Waals surface area contributed by atoms with Gasteiger partial charge in [0.05, 0.1) is 12.3 Å². The largest absolute Gasteiger partial charge is 0.494 e. The van der Waals surface area contributed by atoms with E-state index in [0.29, 0.717) is 11.5 Å². The third-order valence-corrected chi connectivity index (χ3v) is 5.66. The lowest BCUT2D eigenvalue weighted by Crippen LogP contribution is -2.34. The molecule has 5 heteroatoms. The maximum absolute atomic E-state index is 13.3. The first-order valence-electron chi connectivity index (χ1n) is 10.2. The zero-order valence-corrected chi connectivity index (χ0v) is 16.4. The highest BCUT2D eigenvalue weighted by Gasteiger charge is 2.24. The molecular formula is C23H27FN2O2. The zero-order chi connectivity index (χ0) is 19.3. The Balaban J connectivity index is 1.22. The van der Waals surface area contributed by atoms with Crippen LogP contribution in [0.5, 0.6) is 5.75 Å². The van der Waals surface area contributed by atoms with Crippen LogP contribution in [-0.4, -0.2) is 36.3 Å². The van der Waals surface area contributed by atoms with E-state index >= 15 is 0 Å². The molecule has 1 aliphatic rings. The lowest BCUT2D eigenvalue weighted by molar-refractivity contribution is 0.191. The van der Waals surface area contributed by atoms with Gasteiger partial charge >= 0.3 is 0 Å². The van der Waals surface area contributed by atoms with Crippen molar-refractivity contribution in [1.29, 1.82) is 0 Å². The Bertz CT molecular complexity index is 899. The van der Waals surface area contributed by atoms with Crippen LogP contribution in [0.25, 0.3) is 11.0 Å². The summed E-state index contributed by atoms with van der Waals surface area (Å²) in [7, 11) is 0. The number of nitrogens with zero attached hydrogens (tertiary/aromatic N) is 2. The SMILES string of the molecule is CCc1ccc(OCCCN2CCC(c3noc4cc(F)ccc34)CC2)cc1. The van der Waals surface area contributed by atoms with Gasteiger partial charge in [-0.25, -0.2) is 4.39 Å². The van der Waals surface area contributed by atoms with Crippen LogP contribution in [-0.2, 0) is 6.42 Å². The normalized spacial score (nSPS) is 15.9. The molecule has 0 atom stereocenters. The third-order valence-electron chi connectivity index (χ3n) is 5.66. The van der Waals surface area contributed by atoms with Gasteiger partial charge in [-0.1, -0.05) is 24.2 Å². The number of ether oxygens (including phenoxy) is 1. The lowest BCUT2D eigenvalue weighted by atomic mass is 9.91. The Labute approximate surface area is 165 Å². The van der Waals surface area contributed by atoms with Crippen LogP contribution in [0.15, 0.2) is 47.0 Å². The maximum Gasteiger partial charge on any atom is 0.170 e. The van der Waals surface area contributed by atoms with Crippen molar-refractivity contribution in [2.24, 2.45) is 0 Å². The summed E-state index contributed by atoms with van der Waals surface area (Å²) in [6, 6.07) is 13.0. The number of benzene rings is 2. The maximum atomic E-state index is 13.3. The molecule has 0 saturated carbocycles. The molecule has 0 spiro atoms. The molecule has 1 saturated heterocycles. The molecule has 0 radical (unpaired) electrons. The summed E-state index contributed by atoms with van der Waals surface area (Å²) in [4.78, 5) is 2.49. The van der Waals surface area contributed by atoms with E-state index < -0.39 is 0 Å². The predicted molar refractivity (Wildman–Crippen MR) is 108 cm³/mol. The first-order valence-corrected chi connectivity index (χ1v) is 10.2. The molecule has 3 aromatic rings. The molecule has 1 aliphatic heterocycles. The Hall–Kier alpha value is -2.40. The van der Waals surface area contributed by atoms with E-state index in [1.165, 1.54) is 17.7 Å². The molecule has 4 rings (SSSR count). The number of rotatable bonds is 7. The minimum Gasteiger partial charge on any atom is -0.494 e. The van der Waals surface area contributed by atoms with Crippen LogP contribution in [0.4, 0.5) is 4.39 Å². The highest BCUT2D eigenvalue weighted by Crippen LogP contribution is 2.32. The van der Waals surface area contributed by atoms with Crippen LogP contribution in [0, 0.1) is 5.82 Å². The van der Waals surface area contributed by atoms with E-state index in [1.54, 1.807) is 6.07 Å². The monoisotopic (exact) mass is 382 g/mol. The average molecular weight is 382 g/mol. The van der Waals surface area contributed by atoms with Gasteiger partial charge in [0.2, 0.25) is 0 Å². The quantitative estimate of drug-likeness (QED) is 0.528. The van der Waals surface area contributed by atoms with E-state index in [2.05, 4.69) is 41.2 Å². The summed E-state index contributed by atoms with van der Waals surface area (Å²) in [5.74, 6) is 1.05. The highest BCUT2D eigenvalue weighted by atomic mass is 19.1. The number of hydrogen-bond donors (Lipinski definition) is 0. The van der Waals surface area contributed by atoms with Crippen LogP contribution >= 0.6 is 0 Å². The van der Waals surface area contributed by atoms with Crippen molar-refractivity contribution in [2.45, 2.75) is 38.5 Å². The molecule has 0 bridgehead atoms. The number of aromatic nitrogens is 1. The van der Waals surface area contributed by atoms with Crippen molar-refractivity contribution >= 4 is 11.0 Å².